The first-order valence-electron chi connectivity index (χ1n) is 7.66. The smallest absolute Gasteiger partial charge is 0.317 e. The van der Waals surface area contributed by atoms with Crippen molar-refractivity contribution in [2.45, 2.75) is 38.6 Å². The van der Waals surface area contributed by atoms with E-state index >= 15 is 0 Å². The lowest BCUT2D eigenvalue weighted by Crippen LogP contribution is -2.48. The molecule has 0 bridgehead atoms. The molecule has 8 heteroatoms. The molecule has 1 aromatic heterocycles. The van der Waals surface area contributed by atoms with Crippen LogP contribution in [0.15, 0.2) is 12.3 Å². The molecule has 1 saturated heterocycles. The van der Waals surface area contributed by atoms with Gasteiger partial charge < -0.3 is 10.2 Å². The quantitative estimate of drug-likeness (QED) is 0.847. The number of nitrogens with zero attached hydrogens (tertiary/aromatic N) is 2. The van der Waals surface area contributed by atoms with Gasteiger partial charge in [-0.1, -0.05) is 6.92 Å². The fraction of sp³-hybridized carbons (Fsp3) is 0.714. The summed E-state index contributed by atoms with van der Waals surface area (Å²) in [7, 11) is -3.08. The van der Waals surface area contributed by atoms with Crippen molar-refractivity contribution in [3.63, 3.8) is 0 Å². The largest absolute Gasteiger partial charge is 0.335 e. The number of carbonyl (C=O) groups excluding carboxylic acids is 1. The number of hydrogen-bond acceptors (Lipinski definition) is 4. The second-order valence-corrected chi connectivity index (χ2v) is 8.22. The van der Waals surface area contributed by atoms with Crippen molar-refractivity contribution in [1.82, 2.24) is 20.4 Å². The molecule has 2 rings (SSSR count). The number of aromatic amines is 1. The molecule has 0 aliphatic carbocycles. The van der Waals surface area contributed by atoms with Crippen LogP contribution in [-0.2, 0) is 9.84 Å². The first-order valence-corrected chi connectivity index (χ1v) is 9.48. The number of aromatic nitrogens is 2. The number of likely N-dealkylation sites (tertiary alicyclic amines) is 1. The first kappa shape index (κ1) is 16.8. The monoisotopic (exact) mass is 328 g/mol. The summed E-state index contributed by atoms with van der Waals surface area (Å²) in [4.78, 5) is 13.9. The van der Waals surface area contributed by atoms with Gasteiger partial charge in [-0.2, -0.15) is 5.10 Å². The standard InChI is InChI=1S/C14H24N4O3S/c1-3-22(20,21)10-11(2)16-14(19)18-8-5-12(6-9-18)13-4-7-15-17-13/h4,7,11-12H,3,5-6,8-10H2,1-2H3,(H,15,17)(H,16,19)/t11-/m1/s1. The second kappa shape index (κ2) is 7.13. The number of hydrogen-bond donors (Lipinski definition) is 2. The van der Waals surface area contributed by atoms with Gasteiger partial charge >= 0.3 is 6.03 Å². The number of piperidine rings is 1. The minimum absolute atomic E-state index is 0.0140. The van der Waals surface area contributed by atoms with Crippen LogP contribution in [0.3, 0.4) is 0 Å². The number of amides is 2. The van der Waals surface area contributed by atoms with E-state index in [1.807, 2.05) is 6.07 Å². The summed E-state index contributed by atoms with van der Waals surface area (Å²) in [5.41, 5.74) is 1.11. The zero-order chi connectivity index (χ0) is 16.2. The maximum atomic E-state index is 12.2. The van der Waals surface area contributed by atoms with E-state index in [2.05, 4.69) is 15.5 Å². The lowest BCUT2D eigenvalue weighted by atomic mass is 9.94. The molecule has 1 aliphatic heterocycles. The van der Waals surface area contributed by atoms with Crippen molar-refractivity contribution in [1.29, 1.82) is 0 Å². The van der Waals surface area contributed by atoms with Crippen LogP contribution in [0.5, 0.6) is 0 Å². The van der Waals surface area contributed by atoms with Crippen LogP contribution in [0.4, 0.5) is 4.79 Å². The number of carbonyl (C=O) groups is 1. The Balaban J connectivity index is 1.80. The first-order chi connectivity index (χ1) is 10.4. The zero-order valence-electron chi connectivity index (χ0n) is 13.1. The molecule has 7 nitrogen and oxygen atoms in total. The van der Waals surface area contributed by atoms with Crippen molar-refractivity contribution in [3.8, 4) is 0 Å². The van der Waals surface area contributed by atoms with Gasteiger partial charge in [-0.05, 0) is 25.8 Å². The van der Waals surface area contributed by atoms with E-state index in [0.29, 0.717) is 19.0 Å². The Labute approximate surface area is 131 Å². The van der Waals surface area contributed by atoms with E-state index in [0.717, 1.165) is 18.5 Å². The van der Waals surface area contributed by atoms with Gasteiger partial charge in [0.25, 0.3) is 0 Å². The summed E-state index contributed by atoms with van der Waals surface area (Å²) in [6, 6.07) is 1.42. The van der Waals surface area contributed by atoms with Gasteiger partial charge in [0.15, 0.2) is 9.84 Å². The van der Waals surface area contributed by atoms with Gasteiger partial charge in [0.1, 0.15) is 0 Å². The summed E-state index contributed by atoms with van der Waals surface area (Å²) in [6.07, 6.45) is 3.51. The number of H-pyrrole nitrogens is 1. The van der Waals surface area contributed by atoms with Crippen molar-refractivity contribution < 1.29 is 13.2 Å². The van der Waals surface area contributed by atoms with Crippen LogP contribution < -0.4 is 5.32 Å². The predicted molar refractivity (Wildman–Crippen MR) is 84.5 cm³/mol. The predicted octanol–water partition coefficient (Wildman–Crippen LogP) is 1.12. The summed E-state index contributed by atoms with van der Waals surface area (Å²) >= 11 is 0. The molecule has 0 radical (unpaired) electrons. The highest BCUT2D eigenvalue weighted by molar-refractivity contribution is 7.91. The average Bonchev–Trinajstić information content (AvgIpc) is 3.01. The van der Waals surface area contributed by atoms with Gasteiger partial charge in [-0.25, -0.2) is 13.2 Å². The molecule has 1 aliphatic rings. The van der Waals surface area contributed by atoms with Gasteiger partial charge in [-0.3, -0.25) is 5.10 Å². The zero-order valence-corrected chi connectivity index (χ0v) is 13.9. The Morgan fingerprint density at radius 3 is 2.73 bits per heavy atom. The third kappa shape index (κ3) is 4.46. The highest BCUT2D eigenvalue weighted by Crippen LogP contribution is 2.26. The fourth-order valence-corrected chi connectivity index (χ4v) is 3.81. The van der Waals surface area contributed by atoms with Crippen molar-refractivity contribution in [2.75, 3.05) is 24.6 Å². The Hall–Kier alpha value is -1.57. The maximum absolute atomic E-state index is 12.2. The van der Waals surface area contributed by atoms with Crippen LogP contribution in [0.25, 0.3) is 0 Å². The van der Waals surface area contributed by atoms with Gasteiger partial charge in [0.05, 0.1) is 5.75 Å². The third-order valence-electron chi connectivity index (χ3n) is 4.06. The third-order valence-corrected chi connectivity index (χ3v) is 5.95. The van der Waals surface area contributed by atoms with E-state index in [1.54, 1.807) is 24.9 Å². The Morgan fingerprint density at radius 1 is 1.50 bits per heavy atom. The van der Waals surface area contributed by atoms with E-state index in [4.69, 9.17) is 0 Å². The van der Waals surface area contributed by atoms with Crippen LogP contribution in [0.1, 0.15) is 38.3 Å². The topological polar surface area (TPSA) is 95.2 Å². The Morgan fingerprint density at radius 2 is 2.18 bits per heavy atom. The molecule has 1 fully saturated rings. The number of rotatable bonds is 5. The maximum Gasteiger partial charge on any atom is 0.317 e. The molecule has 1 aromatic rings. The minimum Gasteiger partial charge on any atom is -0.335 e. The van der Waals surface area contributed by atoms with Crippen molar-refractivity contribution in [2.24, 2.45) is 0 Å². The Kier molecular flexibility index (Phi) is 5.44. The normalized spacial score (nSPS) is 18.2. The number of urea groups is 1. The van der Waals surface area contributed by atoms with Gasteiger partial charge in [0.2, 0.25) is 0 Å². The molecule has 0 spiro atoms. The molecule has 0 aromatic carbocycles. The molecular weight excluding hydrogens is 304 g/mol. The highest BCUT2D eigenvalue weighted by atomic mass is 32.2. The summed E-state index contributed by atoms with van der Waals surface area (Å²) in [6.45, 7) is 4.68. The second-order valence-electron chi connectivity index (χ2n) is 5.82. The van der Waals surface area contributed by atoms with E-state index < -0.39 is 9.84 Å². The SMILES string of the molecule is CCS(=O)(=O)C[C@@H](C)NC(=O)N1CCC(c2ccn[nH]2)CC1. The lowest BCUT2D eigenvalue weighted by molar-refractivity contribution is 0.178. The van der Waals surface area contributed by atoms with Crippen LogP contribution in [-0.4, -0.2) is 60.2 Å². The lowest BCUT2D eigenvalue weighted by Gasteiger charge is -2.32. The van der Waals surface area contributed by atoms with E-state index in [9.17, 15) is 13.2 Å². The van der Waals surface area contributed by atoms with Gasteiger partial charge in [-0.15, -0.1) is 0 Å². The molecule has 0 saturated carbocycles. The molecule has 1 atom stereocenters. The van der Waals surface area contributed by atoms with E-state index in [-0.39, 0.29) is 23.6 Å². The number of nitrogens with one attached hydrogen (secondary N) is 2. The average molecular weight is 328 g/mol. The minimum atomic E-state index is -3.08. The summed E-state index contributed by atoms with van der Waals surface area (Å²) in [5.74, 6) is 0.493. The highest BCUT2D eigenvalue weighted by Gasteiger charge is 2.25. The fourth-order valence-electron chi connectivity index (χ4n) is 2.73. The Bertz CT molecular complexity index is 577. The summed E-state index contributed by atoms with van der Waals surface area (Å²) < 4.78 is 23.1. The van der Waals surface area contributed by atoms with E-state index in [1.165, 1.54) is 0 Å². The molecule has 2 N–H and O–H groups in total. The van der Waals surface area contributed by atoms with Crippen molar-refractivity contribution >= 4 is 15.9 Å². The van der Waals surface area contributed by atoms with Gasteiger partial charge in [0, 0.05) is 42.7 Å². The molecule has 2 amide bonds. The number of sulfone groups is 1. The molecule has 124 valence electrons. The molecule has 2 heterocycles. The van der Waals surface area contributed by atoms with Crippen LogP contribution in [0.2, 0.25) is 0 Å². The van der Waals surface area contributed by atoms with Crippen molar-refractivity contribution in [3.05, 3.63) is 18.0 Å². The molecular formula is C14H24N4O3S. The summed E-state index contributed by atoms with van der Waals surface area (Å²) in [5, 5.41) is 9.72. The van der Waals surface area contributed by atoms with Crippen LogP contribution >= 0.6 is 0 Å². The van der Waals surface area contributed by atoms with Crippen LogP contribution in [0, 0.1) is 0 Å². The molecule has 0 unspecified atom stereocenters. The molecule has 22 heavy (non-hydrogen) atoms.